The predicted molar refractivity (Wildman–Crippen MR) is 123 cm³/mol. The Morgan fingerprint density at radius 2 is 1.81 bits per heavy atom. The summed E-state index contributed by atoms with van der Waals surface area (Å²) in [7, 11) is 1.86. The maximum Gasteiger partial charge on any atom is 0.277 e. The molecule has 0 atom stereocenters. The third kappa shape index (κ3) is 3.49. The van der Waals surface area contributed by atoms with Crippen molar-refractivity contribution < 1.29 is 0 Å². The highest BCUT2D eigenvalue weighted by molar-refractivity contribution is 5.80. The number of nitrogens with one attached hydrogen (secondary N) is 1. The number of imidazole rings is 1. The van der Waals surface area contributed by atoms with Crippen LogP contribution in [0.3, 0.4) is 0 Å². The number of nitrogens with zero attached hydrogens (tertiary/aromatic N) is 6. The van der Waals surface area contributed by atoms with E-state index in [9.17, 15) is 4.79 Å². The first-order chi connectivity index (χ1) is 15.7. The molecule has 8 heteroatoms. The molecule has 5 rings (SSSR count). The van der Waals surface area contributed by atoms with Gasteiger partial charge in [0.1, 0.15) is 5.52 Å². The number of pyridine rings is 1. The van der Waals surface area contributed by atoms with Crippen molar-refractivity contribution in [2.24, 2.45) is 7.05 Å². The lowest BCUT2D eigenvalue weighted by Gasteiger charge is -2.14. The van der Waals surface area contributed by atoms with E-state index >= 15 is 0 Å². The van der Waals surface area contributed by atoms with Gasteiger partial charge in [-0.25, -0.2) is 4.98 Å². The molecule has 0 bridgehead atoms. The number of aromatic amines is 1. The number of benzene rings is 2. The smallest absolute Gasteiger partial charge is 0.277 e. The summed E-state index contributed by atoms with van der Waals surface area (Å²) in [4.78, 5) is 17.6. The fraction of sp³-hybridized carbons (Fsp3) is 0.208. The van der Waals surface area contributed by atoms with Crippen LogP contribution in [0.2, 0.25) is 0 Å². The van der Waals surface area contributed by atoms with E-state index in [1.54, 1.807) is 10.9 Å². The summed E-state index contributed by atoms with van der Waals surface area (Å²) < 4.78 is 3.66. The van der Waals surface area contributed by atoms with E-state index in [-0.39, 0.29) is 5.56 Å². The monoisotopic (exact) mass is 425 g/mol. The number of aromatic nitrogens is 7. The summed E-state index contributed by atoms with van der Waals surface area (Å²) >= 11 is 0. The van der Waals surface area contributed by atoms with Crippen molar-refractivity contribution in [1.82, 2.24) is 34.7 Å². The van der Waals surface area contributed by atoms with E-state index in [2.05, 4.69) is 56.8 Å². The number of hydrogen-bond donors (Lipinski definition) is 1. The van der Waals surface area contributed by atoms with Gasteiger partial charge in [0.15, 0.2) is 0 Å². The fourth-order valence-corrected chi connectivity index (χ4v) is 4.12. The molecular formula is C24H23N7O. The Morgan fingerprint density at radius 1 is 1.03 bits per heavy atom. The molecule has 2 aromatic carbocycles. The van der Waals surface area contributed by atoms with E-state index in [0.29, 0.717) is 17.9 Å². The van der Waals surface area contributed by atoms with Gasteiger partial charge in [0.2, 0.25) is 5.82 Å². The molecule has 0 aliphatic carbocycles. The SMILES string of the molecule is CCCc1cc2ncn(C)c2c(=O)n1Cc1ccc(-c2ccccc2-c2nn[nH]n2)cc1. The Kier molecular flexibility index (Phi) is 5.10. The van der Waals surface area contributed by atoms with Crippen LogP contribution in [-0.2, 0) is 20.0 Å². The minimum Gasteiger partial charge on any atom is -0.329 e. The van der Waals surface area contributed by atoms with Gasteiger partial charge in [0.05, 0.1) is 18.4 Å². The molecule has 1 N–H and O–H groups in total. The molecule has 32 heavy (non-hydrogen) atoms. The van der Waals surface area contributed by atoms with Crippen LogP contribution < -0.4 is 5.56 Å². The van der Waals surface area contributed by atoms with Crippen molar-refractivity contribution in [3.05, 3.63) is 82.5 Å². The van der Waals surface area contributed by atoms with Crippen LogP contribution >= 0.6 is 0 Å². The van der Waals surface area contributed by atoms with E-state index in [1.807, 2.05) is 41.9 Å². The summed E-state index contributed by atoms with van der Waals surface area (Å²) in [5, 5.41) is 14.4. The largest absolute Gasteiger partial charge is 0.329 e. The first-order valence-electron chi connectivity index (χ1n) is 10.6. The summed E-state index contributed by atoms with van der Waals surface area (Å²) in [6.07, 6.45) is 3.49. The number of H-pyrrole nitrogens is 1. The Hall–Kier alpha value is -4.07. The normalized spacial score (nSPS) is 11.3. The summed E-state index contributed by atoms with van der Waals surface area (Å²) in [5.41, 5.74) is 6.45. The van der Waals surface area contributed by atoms with Gasteiger partial charge in [0.25, 0.3) is 5.56 Å². The van der Waals surface area contributed by atoms with Crippen molar-refractivity contribution >= 4 is 11.0 Å². The van der Waals surface area contributed by atoms with Crippen molar-refractivity contribution in [2.75, 3.05) is 0 Å². The molecule has 0 aliphatic heterocycles. The summed E-state index contributed by atoms with van der Waals surface area (Å²) in [5.74, 6) is 0.560. The summed E-state index contributed by atoms with van der Waals surface area (Å²) in [6.45, 7) is 2.63. The number of rotatable bonds is 6. The third-order valence-corrected chi connectivity index (χ3v) is 5.69. The van der Waals surface area contributed by atoms with Gasteiger partial charge in [-0.05, 0) is 34.4 Å². The van der Waals surface area contributed by atoms with Crippen LogP contribution in [0.15, 0.2) is 65.7 Å². The van der Waals surface area contributed by atoms with Gasteiger partial charge in [-0.1, -0.05) is 61.9 Å². The second-order valence-electron chi connectivity index (χ2n) is 7.84. The second kappa shape index (κ2) is 8.22. The Bertz CT molecular complexity index is 1430. The minimum absolute atomic E-state index is 0.00233. The average Bonchev–Trinajstić information content (AvgIpc) is 3.47. The topological polar surface area (TPSA) is 94.3 Å². The van der Waals surface area contributed by atoms with Crippen LogP contribution in [0.25, 0.3) is 33.5 Å². The second-order valence-corrected chi connectivity index (χ2v) is 7.84. The molecule has 0 aliphatic rings. The molecule has 0 unspecified atom stereocenters. The minimum atomic E-state index is -0.00233. The van der Waals surface area contributed by atoms with Gasteiger partial charge < -0.3 is 9.13 Å². The lowest BCUT2D eigenvalue weighted by atomic mass is 9.98. The molecule has 0 saturated heterocycles. The highest BCUT2D eigenvalue weighted by Gasteiger charge is 2.14. The van der Waals surface area contributed by atoms with Crippen LogP contribution in [0.5, 0.6) is 0 Å². The first kappa shape index (κ1) is 19.9. The zero-order valence-electron chi connectivity index (χ0n) is 18.0. The predicted octanol–water partition coefficient (Wildman–Crippen LogP) is 3.58. The fourth-order valence-electron chi connectivity index (χ4n) is 4.12. The molecule has 0 saturated carbocycles. The number of fused-ring (bicyclic) bond motifs is 1. The first-order valence-corrected chi connectivity index (χ1v) is 10.6. The van der Waals surface area contributed by atoms with E-state index < -0.39 is 0 Å². The van der Waals surface area contributed by atoms with Gasteiger partial charge in [0, 0.05) is 18.3 Å². The Morgan fingerprint density at radius 3 is 2.53 bits per heavy atom. The van der Waals surface area contributed by atoms with Crippen molar-refractivity contribution in [3.8, 4) is 22.5 Å². The highest BCUT2D eigenvalue weighted by atomic mass is 16.1. The maximum absolute atomic E-state index is 13.3. The quantitative estimate of drug-likeness (QED) is 0.449. The van der Waals surface area contributed by atoms with E-state index in [4.69, 9.17) is 0 Å². The van der Waals surface area contributed by atoms with Crippen molar-refractivity contribution in [3.63, 3.8) is 0 Å². The van der Waals surface area contributed by atoms with Gasteiger partial charge >= 0.3 is 0 Å². The molecule has 0 radical (unpaired) electrons. The van der Waals surface area contributed by atoms with Crippen molar-refractivity contribution in [2.45, 2.75) is 26.3 Å². The number of hydrogen-bond acceptors (Lipinski definition) is 5. The molecule has 0 spiro atoms. The van der Waals surface area contributed by atoms with Crippen LogP contribution in [0.4, 0.5) is 0 Å². The van der Waals surface area contributed by atoms with Gasteiger partial charge in [-0.15, -0.1) is 10.2 Å². The maximum atomic E-state index is 13.3. The third-order valence-electron chi connectivity index (χ3n) is 5.69. The zero-order valence-corrected chi connectivity index (χ0v) is 18.0. The van der Waals surface area contributed by atoms with Crippen molar-refractivity contribution in [1.29, 1.82) is 0 Å². The van der Waals surface area contributed by atoms with E-state index in [0.717, 1.165) is 46.3 Å². The number of aryl methyl sites for hydroxylation is 2. The molecule has 0 amide bonds. The zero-order chi connectivity index (χ0) is 22.1. The standard InChI is InChI=1S/C24H23N7O/c1-3-6-18-13-21-22(30(2)15-25-21)24(32)31(18)14-16-9-11-17(12-10-16)19-7-4-5-8-20(19)23-26-28-29-27-23/h4-5,7-13,15H,3,6,14H2,1-2H3,(H,26,27,28,29). The summed E-state index contributed by atoms with van der Waals surface area (Å²) in [6, 6.07) is 18.3. The lowest BCUT2D eigenvalue weighted by Crippen LogP contribution is -2.25. The molecule has 0 fully saturated rings. The molecular weight excluding hydrogens is 402 g/mol. The Balaban J connectivity index is 1.51. The van der Waals surface area contributed by atoms with Crippen LogP contribution in [0, 0.1) is 0 Å². The lowest BCUT2D eigenvalue weighted by molar-refractivity contribution is 0.690. The molecule has 160 valence electrons. The number of tetrazole rings is 1. The Labute approximate surface area is 184 Å². The highest BCUT2D eigenvalue weighted by Crippen LogP contribution is 2.29. The molecule has 3 aromatic heterocycles. The molecule has 3 heterocycles. The van der Waals surface area contributed by atoms with Crippen LogP contribution in [-0.4, -0.2) is 34.7 Å². The van der Waals surface area contributed by atoms with Gasteiger partial charge in [-0.3, -0.25) is 4.79 Å². The average molecular weight is 425 g/mol. The van der Waals surface area contributed by atoms with Crippen LogP contribution in [0.1, 0.15) is 24.6 Å². The molecule has 5 aromatic rings. The molecule has 8 nitrogen and oxygen atoms in total. The van der Waals surface area contributed by atoms with E-state index in [1.165, 1.54) is 0 Å². The van der Waals surface area contributed by atoms with Gasteiger partial charge in [-0.2, -0.15) is 5.21 Å².